The second kappa shape index (κ2) is 6.56. The molecule has 0 aliphatic carbocycles. The summed E-state index contributed by atoms with van der Waals surface area (Å²) in [6.45, 7) is 0. The fraction of sp³-hybridized carbons (Fsp3) is 0.136. The summed E-state index contributed by atoms with van der Waals surface area (Å²) in [6, 6.07) is 21.6. The number of ether oxygens (including phenoxy) is 2. The summed E-state index contributed by atoms with van der Waals surface area (Å²) in [5.41, 5.74) is 2.29. The average molecular weight is 346 g/mol. The maximum absolute atomic E-state index is 13.3. The van der Waals surface area contributed by atoms with Crippen molar-refractivity contribution in [1.29, 1.82) is 0 Å². The number of methoxy groups -OCH3 is 1. The molecule has 2 unspecified atom stereocenters. The molecule has 1 aliphatic heterocycles. The van der Waals surface area contributed by atoms with Gasteiger partial charge in [-0.2, -0.15) is 0 Å². The van der Waals surface area contributed by atoms with Crippen LogP contribution in [0.1, 0.15) is 33.5 Å². The van der Waals surface area contributed by atoms with Crippen molar-refractivity contribution < 1.29 is 19.4 Å². The lowest BCUT2D eigenvalue weighted by molar-refractivity contribution is 0.0781. The van der Waals surface area contributed by atoms with E-state index in [0.29, 0.717) is 11.3 Å². The Morgan fingerprint density at radius 3 is 2.23 bits per heavy atom. The van der Waals surface area contributed by atoms with E-state index >= 15 is 0 Å². The third-order valence-corrected chi connectivity index (χ3v) is 4.69. The van der Waals surface area contributed by atoms with Gasteiger partial charge in [-0.05, 0) is 47.5 Å². The fourth-order valence-corrected chi connectivity index (χ4v) is 3.34. The molecule has 26 heavy (non-hydrogen) atoms. The second-order valence-electron chi connectivity index (χ2n) is 6.24. The largest absolute Gasteiger partial charge is 0.508 e. The summed E-state index contributed by atoms with van der Waals surface area (Å²) in [5.74, 6) is 1.05. The van der Waals surface area contributed by atoms with Crippen LogP contribution >= 0.6 is 0 Å². The summed E-state index contributed by atoms with van der Waals surface area (Å²) >= 11 is 0. The van der Waals surface area contributed by atoms with Crippen molar-refractivity contribution in [1.82, 2.24) is 0 Å². The van der Waals surface area contributed by atoms with Gasteiger partial charge in [-0.1, -0.05) is 36.4 Å². The van der Waals surface area contributed by atoms with Gasteiger partial charge in [0.1, 0.15) is 23.4 Å². The highest BCUT2D eigenvalue weighted by atomic mass is 16.5. The van der Waals surface area contributed by atoms with Crippen molar-refractivity contribution in [2.45, 2.75) is 12.0 Å². The Bertz CT molecular complexity index is 929. The Balaban J connectivity index is 1.82. The van der Waals surface area contributed by atoms with E-state index in [4.69, 9.17) is 9.47 Å². The maximum atomic E-state index is 13.3. The van der Waals surface area contributed by atoms with Crippen molar-refractivity contribution in [3.05, 3.63) is 89.5 Å². The molecule has 0 spiro atoms. The molecule has 4 rings (SSSR count). The first-order chi connectivity index (χ1) is 12.7. The molecule has 3 aromatic carbocycles. The molecule has 0 saturated carbocycles. The summed E-state index contributed by atoms with van der Waals surface area (Å²) in [5, 5.41) is 9.58. The molecule has 130 valence electrons. The van der Waals surface area contributed by atoms with Crippen LogP contribution in [0.4, 0.5) is 0 Å². The van der Waals surface area contributed by atoms with E-state index in [9.17, 15) is 9.90 Å². The maximum Gasteiger partial charge on any atom is 0.178 e. The number of benzene rings is 3. The Morgan fingerprint density at radius 2 is 1.54 bits per heavy atom. The normalized spacial score (nSPS) is 18.7. The topological polar surface area (TPSA) is 55.8 Å². The lowest BCUT2D eigenvalue weighted by atomic mass is 9.81. The predicted molar refractivity (Wildman–Crippen MR) is 98.0 cm³/mol. The van der Waals surface area contributed by atoms with Gasteiger partial charge in [-0.25, -0.2) is 0 Å². The first kappa shape index (κ1) is 16.2. The highest BCUT2D eigenvalue weighted by Crippen LogP contribution is 2.44. The van der Waals surface area contributed by atoms with Crippen LogP contribution < -0.4 is 9.47 Å². The van der Waals surface area contributed by atoms with E-state index in [2.05, 4.69) is 0 Å². The van der Waals surface area contributed by atoms with Crippen LogP contribution in [0.2, 0.25) is 0 Å². The molecule has 0 bridgehead atoms. The predicted octanol–water partition coefficient (Wildman–Crippen LogP) is 4.50. The number of carbonyl (C=O) groups excluding carboxylic acids is 1. The summed E-state index contributed by atoms with van der Waals surface area (Å²) in [7, 11) is 1.61. The minimum Gasteiger partial charge on any atom is -0.508 e. The van der Waals surface area contributed by atoms with Gasteiger partial charge in [0.2, 0.25) is 0 Å². The van der Waals surface area contributed by atoms with Crippen LogP contribution in [-0.2, 0) is 0 Å². The number of phenolic OH excluding ortho intramolecular Hbond substituents is 1. The van der Waals surface area contributed by atoms with Crippen molar-refractivity contribution in [2.75, 3.05) is 7.11 Å². The van der Waals surface area contributed by atoms with Crippen molar-refractivity contribution >= 4 is 5.78 Å². The number of hydrogen-bond acceptors (Lipinski definition) is 4. The number of ketones is 1. The zero-order chi connectivity index (χ0) is 18.1. The van der Waals surface area contributed by atoms with Crippen LogP contribution in [0.3, 0.4) is 0 Å². The van der Waals surface area contributed by atoms with E-state index in [0.717, 1.165) is 16.9 Å². The minimum atomic E-state index is -0.472. The molecule has 1 aliphatic rings. The van der Waals surface area contributed by atoms with Gasteiger partial charge in [-0.15, -0.1) is 0 Å². The van der Waals surface area contributed by atoms with E-state index in [1.807, 2.05) is 42.5 Å². The molecule has 4 heteroatoms. The van der Waals surface area contributed by atoms with Crippen LogP contribution in [-0.4, -0.2) is 18.0 Å². The quantitative estimate of drug-likeness (QED) is 0.758. The summed E-state index contributed by atoms with van der Waals surface area (Å²) < 4.78 is 11.4. The fourth-order valence-electron chi connectivity index (χ4n) is 3.34. The zero-order valence-corrected chi connectivity index (χ0v) is 14.3. The van der Waals surface area contributed by atoms with E-state index in [1.165, 1.54) is 0 Å². The molecule has 0 saturated heterocycles. The third-order valence-electron chi connectivity index (χ3n) is 4.69. The Labute approximate surface area is 151 Å². The van der Waals surface area contributed by atoms with Gasteiger partial charge >= 0.3 is 0 Å². The molecule has 1 heterocycles. The van der Waals surface area contributed by atoms with Crippen molar-refractivity contribution in [2.24, 2.45) is 0 Å². The Morgan fingerprint density at radius 1 is 0.885 bits per heavy atom. The number of Topliss-reactive ketones (excluding diaryl/α,β-unsaturated/α-hetero) is 1. The SMILES string of the molecule is COc1ccc(C2C(=O)c3ccccc3OC2c2ccc(O)cc2)cc1. The molecule has 2 atom stereocenters. The Hall–Kier alpha value is -3.27. The van der Waals surface area contributed by atoms with Crippen LogP contribution in [0.25, 0.3) is 0 Å². The second-order valence-corrected chi connectivity index (χ2v) is 6.24. The monoisotopic (exact) mass is 346 g/mol. The molecule has 0 fully saturated rings. The molecule has 0 radical (unpaired) electrons. The van der Waals surface area contributed by atoms with Crippen LogP contribution in [0, 0.1) is 0 Å². The van der Waals surface area contributed by atoms with Gasteiger partial charge < -0.3 is 14.6 Å². The third kappa shape index (κ3) is 2.80. The minimum absolute atomic E-state index is 0.0232. The number of para-hydroxylation sites is 1. The number of fused-ring (bicyclic) bond motifs is 1. The first-order valence-corrected chi connectivity index (χ1v) is 8.40. The van der Waals surface area contributed by atoms with Crippen LogP contribution in [0.5, 0.6) is 17.2 Å². The van der Waals surface area contributed by atoms with Crippen molar-refractivity contribution in [3.8, 4) is 17.2 Å². The molecule has 3 aromatic rings. The van der Waals surface area contributed by atoms with Gasteiger partial charge in [-0.3, -0.25) is 4.79 Å². The van der Waals surface area contributed by atoms with E-state index in [-0.39, 0.29) is 11.5 Å². The number of rotatable bonds is 3. The molecule has 0 aromatic heterocycles. The summed E-state index contributed by atoms with van der Waals surface area (Å²) in [4.78, 5) is 13.3. The van der Waals surface area contributed by atoms with Crippen molar-refractivity contribution in [3.63, 3.8) is 0 Å². The highest BCUT2D eigenvalue weighted by molar-refractivity contribution is 6.04. The molecular weight excluding hydrogens is 328 g/mol. The van der Waals surface area contributed by atoms with Gasteiger partial charge in [0.15, 0.2) is 5.78 Å². The molecule has 0 amide bonds. The number of carbonyl (C=O) groups is 1. The Kier molecular flexibility index (Phi) is 4.09. The van der Waals surface area contributed by atoms with E-state index in [1.54, 1.807) is 37.4 Å². The van der Waals surface area contributed by atoms with E-state index < -0.39 is 12.0 Å². The smallest absolute Gasteiger partial charge is 0.178 e. The van der Waals surface area contributed by atoms with Gasteiger partial charge in [0.25, 0.3) is 0 Å². The summed E-state index contributed by atoms with van der Waals surface area (Å²) in [6.07, 6.45) is -0.466. The molecular formula is C22H18O4. The van der Waals surface area contributed by atoms with Gasteiger partial charge in [0, 0.05) is 0 Å². The lowest BCUT2D eigenvalue weighted by Crippen LogP contribution is -2.30. The van der Waals surface area contributed by atoms with Crippen LogP contribution in [0.15, 0.2) is 72.8 Å². The highest BCUT2D eigenvalue weighted by Gasteiger charge is 2.39. The van der Waals surface area contributed by atoms with Gasteiger partial charge in [0.05, 0.1) is 18.6 Å². The number of hydrogen-bond donors (Lipinski definition) is 1. The average Bonchev–Trinajstić information content (AvgIpc) is 2.69. The standard InChI is InChI=1S/C22H18O4/c1-25-17-12-8-14(9-13-17)20-21(24)18-4-2-3-5-19(18)26-22(20)15-6-10-16(23)11-7-15/h2-13,20,22-23H,1H3. The first-order valence-electron chi connectivity index (χ1n) is 8.40. The lowest BCUT2D eigenvalue weighted by Gasteiger charge is -2.33. The molecule has 1 N–H and O–H groups in total. The number of phenols is 1. The zero-order valence-electron chi connectivity index (χ0n) is 14.3. The number of aromatic hydroxyl groups is 1. The molecule has 4 nitrogen and oxygen atoms in total.